The number of nitrogens with one attached hydrogen (secondary N) is 3. The predicted molar refractivity (Wildman–Crippen MR) is 115 cm³/mol. The molecule has 9 nitrogen and oxygen atoms in total. The average molecular weight is 409 g/mol. The summed E-state index contributed by atoms with van der Waals surface area (Å²) >= 11 is 0. The van der Waals surface area contributed by atoms with E-state index in [-0.39, 0.29) is 12.2 Å². The molecule has 2 aromatic rings. The minimum Gasteiger partial charge on any atom is -0.496 e. The average Bonchev–Trinajstić information content (AvgIpc) is 3.24. The Morgan fingerprint density at radius 3 is 2.80 bits per heavy atom. The molecule has 3 N–H and O–H groups in total. The molecule has 0 amide bonds. The van der Waals surface area contributed by atoms with Crippen LogP contribution in [0.1, 0.15) is 30.6 Å². The molecule has 4 rings (SSSR count). The number of piperazine rings is 1. The van der Waals surface area contributed by atoms with Gasteiger partial charge in [-0.05, 0) is 20.0 Å². The first-order valence-corrected chi connectivity index (χ1v) is 10.2. The maximum Gasteiger partial charge on any atom is 0.158 e. The van der Waals surface area contributed by atoms with Crippen LogP contribution >= 0.6 is 0 Å². The number of likely N-dealkylation sites (N-methyl/N-ethyl adjacent to an activating group) is 1. The number of aromatic nitrogens is 2. The van der Waals surface area contributed by atoms with Crippen LogP contribution in [0, 0.1) is 11.3 Å². The molecule has 2 unspecified atom stereocenters. The van der Waals surface area contributed by atoms with E-state index in [2.05, 4.69) is 68.1 Å². The number of benzene rings is 1. The highest BCUT2D eigenvalue weighted by atomic mass is 16.5. The Labute approximate surface area is 177 Å². The Bertz CT molecular complexity index is 912. The second-order valence-electron chi connectivity index (χ2n) is 7.87. The van der Waals surface area contributed by atoms with Crippen molar-refractivity contribution in [3.8, 4) is 11.8 Å². The van der Waals surface area contributed by atoms with Crippen molar-refractivity contribution in [2.24, 2.45) is 0 Å². The number of nitriles is 1. The second-order valence-corrected chi connectivity index (χ2v) is 7.87. The fourth-order valence-corrected chi connectivity index (χ4v) is 3.96. The van der Waals surface area contributed by atoms with Crippen LogP contribution in [0.3, 0.4) is 0 Å². The molecule has 1 aromatic carbocycles. The lowest BCUT2D eigenvalue weighted by Gasteiger charge is -2.39. The van der Waals surface area contributed by atoms with Crippen molar-refractivity contribution in [1.29, 1.82) is 5.26 Å². The summed E-state index contributed by atoms with van der Waals surface area (Å²) in [5.41, 5.74) is 9.21. The molecule has 1 aromatic heterocycles. The fourth-order valence-electron chi connectivity index (χ4n) is 3.96. The molecule has 0 aliphatic carbocycles. The standard InChI is InChI=1S/C21H28N8O/c1-14-13-29(7-6-28(14)2)16-4-5-17(19(8-16)30-3)18-9-20(27-26-18)25-21-12-23-15(10-22)11-24-21/h4-5,8,11-12,14,18,20,26-27H,6-7,9,13H2,1-3H3,(H,24,25)/t14-,18?,20?/m1/s1. The summed E-state index contributed by atoms with van der Waals surface area (Å²) < 4.78 is 5.74. The highest BCUT2D eigenvalue weighted by Crippen LogP contribution is 2.34. The molecule has 3 atom stereocenters. The maximum absolute atomic E-state index is 8.84. The summed E-state index contributed by atoms with van der Waals surface area (Å²) in [6, 6.07) is 9.08. The quantitative estimate of drug-likeness (QED) is 0.679. The van der Waals surface area contributed by atoms with Gasteiger partial charge in [-0.25, -0.2) is 20.8 Å². The van der Waals surface area contributed by atoms with Crippen molar-refractivity contribution in [1.82, 2.24) is 25.7 Å². The van der Waals surface area contributed by atoms with E-state index < -0.39 is 0 Å². The second kappa shape index (κ2) is 8.83. The molecule has 2 saturated heterocycles. The zero-order valence-corrected chi connectivity index (χ0v) is 17.6. The van der Waals surface area contributed by atoms with Crippen LogP contribution in [0.5, 0.6) is 5.75 Å². The van der Waals surface area contributed by atoms with Crippen molar-refractivity contribution in [2.75, 3.05) is 44.0 Å². The van der Waals surface area contributed by atoms with E-state index in [9.17, 15) is 0 Å². The summed E-state index contributed by atoms with van der Waals surface area (Å²) in [6.45, 7) is 5.35. The normalized spacial score (nSPS) is 24.5. The largest absolute Gasteiger partial charge is 0.496 e. The molecule has 3 heterocycles. The van der Waals surface area contributed by atoms with Gasteiger partial charge in [-0.2, -0.15) is 5.26 Å². The number of hydrogen-bond donors (Lipinski definition) is 3. The lowest BCUT2D eigenvalue weighted by Crippen LogP contribution is -2.50. The molecule has 30 heavy (non-hydrogen) atoms. The van der Waals surface area contributed by atoms with E-state index in [0.717, 1.165) is 37.4 Å². The van der Waals surface area contributed by atoms with Gasteiger partial charge < -0.3 is 19.9 Å². The SMILES string of the molecule is COc1cc(N2CCN(C)[C@H](C)C2)ccc1C1CC(Nc2cnc(C#N)cn2)NN1. The Kier molecular flexibility index (Phi) is 5.99. The summed E-state index contributed by atoms with van der Waals surface area (Å²) in [7, 11) is 3.90. The number of methoxy groups -OCH3 is 1. The van der Waals surface area contributed by atoms with Gasteiger partial charge in [0.25, 0.3) is 0 Å². The molecule has 0 radical (unpaired) electrons. The number of hydrazine groups is 1. The van der Waals surface area contributed by atoms with Gasteiger partial charge in [-0.15, -0.1) is 0 Å². The molecule has 0 bridgehead atoms. The van der Waals surface area contributed by atoms with E-state index in [4.69, 9.17) is 10.00 Å². The van der Waals surface area contributed by atoms with Crippen LogP contribution in [-0.4, -0.2) is 60.9 Å². The number of hydrogen-bond acceptors (Lipinski definition) is 9. The molecule has 2 aliphatic heterocycles. The molecule has 158 valence electrons. The van der Waals surface area contributed by atoms with E-state index in [1.54, 1.807) is 13.3 Å². The molecule has 2 fully saturated rings. The van der Waals surface area contributed by atoms with Gasteiger partial charge in [0.2, 0.25) is 0 Å². The zero-order chi connectivity index (χ0) is 21.1. The summed E-state index contributed by atoms with van der Waals surface area (Å²) in [4.78, 5) is 13.1. The Balaban J connectivity index is 1.43. The van der Waals surface area contributed by atoms with Gasteiger partial charge in [0.05, 0.1) is 31.7 Å². The van der Waals surface area contributed by atoms with Crippen LogP contribution < -0.4 is 25.8 Å². The van der Waals surface area contributed by atoms with Crippen molar-refractivity contribution in [3.05, 3.63) is 41.9 Å². The highest BCUT2D eigenvalue weighted by Gasteiger charge is 2.28. The van der Waals surface area contributed by atoms with Crippen molar-refractivity contribution in [2.45, 2.75) is 31.6 Å². The maximum atomic E-state index is 8.84. The van der Waals surface area contributed by atoms with Gasteiger partial charge in [-0.1, -0.05) is 6.07 Å². The molecule has 9 heteroatoms. The minimum absolute atomic E-state index is 0.0138. The van der Waals surface area contributed by atoms with Crippen LogP contribution in [0.2, 0.25) is 0 Å². The number of ether oxygens (including phenoxy) is 1. The summed E-state index contributed by atoms with van der Waals surface area (Å²) in [5, 5.41) is 12.1. The molecular formula is C21H28N8O. The summed E-state index contributed by atoms with van der Waals surface area (Å²) in [6.07, 6.45) is 3.83. The van der Waals surface area contributed by atoms with Crippen molar-refractivity contribution < 1.29 is 4.74 Å². The monoisotopic (exact) mass is 408 g/mol. The molecular weight excluding hydrogens is 380 g/mol. The third-order valence-electron chi connectivity index (χ3n) is 5.91. The molecule has 2 aliphatic rings. The Morgan fingerprint density at radius 1 is 1.23 bits per heavy atom. The summed E-state index contributed by atoms with van der Waals surface area (Å²) in [5.74, 6) is 1.51. The van der Waals surface area contributed by atoms with Crippen molar-refractivity contribution >= 4 is 11.5 Å². The Morgan fingerprint density at radius 2 is 2.10 bits per heavy atom. The lowest BCUT2D eigenvalue weighted by atomic mass is 10.0. The van der Waals surface area contributed by atoms with Gasteiger partial charge in [0, 0.05) is 49.4 Å². The minimum atomic E-state index is -0.0138. The number of rotatable bonds is 5. The predicted octanol–water partition coefficient (Wildman–Crippen LogP) is 1.47. The number of anilines is 2. The first-order chi connectivity index (χ1) is 14.6. The van der Waals surface area contributed by atoms with Crippen LogP contribution in [0.15, 0.2) is 30.6 Å². The van der Waals surface area contributed by atoms with Crippen molar-refractivity contribution in [3.63, 3.8) is 0 Å². The van der Waals surface area contributed by atoms with Crippen LogP contribution in [0.25, 0.3) is 0 Å². The molecule has 0 spiro atoms. The van der Waals surface area contributed by atoms with Gasteiger partial charge in [-0.3, -0.25) is 0 Å². The third-order valence-corrected chi connectivity index (χ3v) is 5.91. The van der Waals surface area contributed by atoms with Crippen LogP contribution in [-0.2, 0) is 0 Å². The fraction of sp³-hybridized carbons (Fsp3) is 0.476. The first-order valence-electron chi connectivity index (χ1n) is 10.2. The van der Waals surface area contributed by atoms with Gasteiger partial charge >= 0.3 is 0 Å². The van der Waals surface area contributed by atoms with Gasteiger partial charge in [0.15, 0.2) is 5.69 Å². The Hall–Kier alpha value is -2.93. The van der Waals surface area contributed by atoms with Crippen LogP contribution in [0.4, 0.5) is 11.5 Å². The van der Waals surface area contributed by atoms with E-state index in [1.165, 1.54) is 11.9 Å². The van der Waals surface area contributed by atoms with E-state index >= 15 is 0 Å². The number of nitrogens with zero attached hydrogens (tertiary/aromatic N) is 5. The topological polar surface area (TPSA) is 101 Å². The lowest BCUT2D eigenvalue weighted by molar-refractivity contribution is 0.234. The first kappa shape index (κ1) is 20.3. The zero-order valence-electron chi connectivity index (χ0n) is 17.6. The van der Waals surface area contributed by atoms with E-state index in [0.29, 0.717) is 17.6 Å². The molecule has 0 saturated carbocycles. The highest BCUT2D eigenvalue weighted by molar-refractivity contribution is 5.55. The van der Waals surface area contributed by atoms with Gasteiger partial charge in [0.1, 0.15) is 17.6 Å². The third kappa shape index (κ3) is 4.31. The smallest absolute Gasteiger partial charge is 0.158 e. The van der Waals surface area contributed by atoms with E-state index in [1.807, 2.05) is 6.07 Å².